The first kappa shape index (κ1) is 26.5. The van der Waals surface area contributed by atoms with Gasteiger partial charge < -0.3 is 24.8 Å². The molecule has 0 unspecified atom stereocenters. The lowest BCUT2D eigenvalue weighted by Crippen LogP contribution is -2.40. The number of benzene rings is 1. The SMILES string of the molecule is C=CCc1cc(CN=C(NCC)NCCCN2CCOCC2)cc(OC)c1OC.I. The molecule has 1 saturated heterocycles. The van der Waals surface area contributed by atoms with Crippen LogP contribution in [0.2, 0.25) is 0 Å². The molecule has 1 aliphatic rings. The number of allylic oxidation sites excluding steroid dienone is 1. The van der Waals surface area contributed by atoms with Crippen LogP contribution in [0.1, 0.15) is 24.5 Å². The molecule has 1 heterocycles. The van der Waals surface area contributed by atoms with Gasteiger partial charge in [0.25, 0.3) is 0 Å². The lowest BCUT2D eigenvalue weighted by atomic mass is 10.1. The van der Waals surface area contributed by atoms with Gasteiger partial charge in [-0.05, 0) is 44.0 Å². The highest BCUT2D eigenvalue weighted by molar-refractivity contribution is 14.0. The van der Waals surface area contributed by atoms with Crippen LogP contribution in [0.5, 0.6) is 11.5 Å². The second kappa shape index (κ2) is 15.3. The number of nitrogens with one attached hydrogen (secondary N) is 2. The summed E-state index contributed by atoms with van der Waals surface area (Å²) >= 11 is 0. The summed E-state index contributed by atoms with van der Waals surface area (Å²) < 4.78 is 16.4. The Morgan fingerprint density at radius 3 is 2.63 bits per heavy atom. The number of aliphatic imine (C=N–C) groups is 1. The van der Waals surface area contributed by atoms with Crippen LogP contribution in [0.3, 0.4) is 0 Å². The van der Waals surface area contributed by atoms with Crippen molar-refractivity contribution in [3.05, 3.63) is 35.9 Å². The van der Waals surface area contributed by atoms with E-state index in [2.05, 4.69) is 35.1 Å². The summed E-state index contributed by atoms with van der Waals surface area (Å²) in [6, 6.07) is 4.09. The smallest absolute Gasteiger partial charge is 0.191 e. The lowest BCUT2D eigenvalue weighted by Gasteiger charge is -2.26. The van der Waals surface area contributed by atoms with Crippen molar-refractivity contribution in [2.45, 2.75) is 26.3 Å². The first-order valence-corrected chi connectivity index (χ1v) is 10.4. The monoisotopic (exact) mass is 532 g/mol. The summed E-state index contributed by atoms with van der Waals surface area (Å²) in [7, 11) is 3.31. The molecule has 7 nitrogen and oxygen atoms in total. The number of nitrogens with zero attached hydrogens (tertiary/aromatic N) is 2. The molecule has 0 aliphatic carbocycles. The van der Waals surface area contributed by atoms with E-state index in [1.807, 2.05) is 12.1 Å². The maximum absolute atomic E-state index is 5.51. The van der Waals surface area contributed by atoms with E-state index in [4.69, 9.17) is 19.2 Å². The van der Waals surface area contributed by atoms with Gasteiger partial charge in [0.2, 0.25) is 0 Å². The fourth-order valence-corrected chi connectivity index (χ4v) is 3.35. The van der Waals surface area contributed by atoms with Crippen LogP contribution < -0.4 is 20.1 Å². The maximum atomic E-state index is 5.51. The van der Waals surface area contributed by atoms with E-state index in [1.165, 1.54) is 0 Å². The van der Waals surface area contributed by atoms with Crippen LogP contribution in [-0.4, -0.2) is 71.0 Å². The maximum Gasteiger partial charge on any atom is 0.191 e. The average Bonchev–Trinajstić information content (AvgIpc) is 2.75. The highest BCUT2D eigenvalue weighted by atomic mass is 127. The van der Waals surface area contributed by atoms with Gasteiger partial charge >= 0.3 is 0 Å². The zero-order chi connectivity index (χ0) is 20.9. The summed E-state index contributed by atoms with van der Waals surface area (Å²) in [5, 5.41) is 6.75. The van der Waals surface area contributed by atoms with Crippen LogP contribution in [-0.2, 0) is 17.7 Å². The average molecular weight is 532 g/mol. The van der Waals surface area contributed by atoms with Gasteiger partial charge in [-0.3, -0.25) is 4.90 Å². The topological polar surface area (TPSA) is 67.4 Å². The van der Waals surface area contributed by atoms with Crippen molar-refractivity contribution in [2.24, 2.45) is 4.99 Å². The highest BCUT2D eigenvalue weighted by Crippen LogP contribution is 2.33. The van der Waals surface area contributed by atoms with Gasteiger partial charge in [0.15, 0.2) is 17.5 Å². The third-order valence-electron chi connectivity index (χ3n) is 4.79. The molecule has 1 aromatic carbocycles. The van der Waals surface area contributed by atoms with Gasteiger partial charge in [0, 0.05) is 31.7 Å². The molecule has 30 heavy (non-hydrogen) atoms. The lowest BCUT2D eigenvalue weighted by molar-refractivity contribution is 0.0376. The molecule has 0 saturated carbocycles. The van der Waals surface area contributed by atoms with Crippen molar-refractivity contribution in [1.82, 2.24) is 15.5 Å². The van der Waals surface area contributed by atoms with Crippen LogP contribution in [0.25, 0.3) is 0 Å². The molecule has 0 atom stereocenters. The van der Waals surface area contributed by atoms with Crippen molar-refractivity contribution >= 4 is 29.9 Å². The number of ether oxygens (including phenoxy) is 3. The summed E-state index contributed by atoms with van der Waals surface area (Å²) in [6.07, 6.45) is 3.66. The van der Waals surface area contributed by atoms with Crippen LogP contribution >= 0.6 is 24.0 Å². The van der Waals surface area contributed by atoms with E-state index in [1.54, 1.807) is 14.2 Å². The molecular formula is C22H37IN4O3. The molecule has 0 bridgehead atoms. The quantitative estimate of drug-likeness (QED) is 0.150. The normalized spacial score (nSPS) is 14.6. The van der Waals surface area contributed by atoms with Crippen molar-refractivity contribution in [3.8, 4) is 11.5 Å². The number of halogens is 1. The van der Waals surface area contributed by atoms with Gasteiger partial charge in [-0.1, -0.05) is 6.08 Å². The molecule has 1 aliphatic heterocycles. The first-order valence-electron chi connectivity index (χ1n) is 10.4. The van der Waals surface area contributed by atoms with E-state index in [9.17, 15) is 0 Å². The predicted molar refractivity (Wildman–Crippen MR) is 134 cm³/mol. The van der Waals surface area contributed by atoms with Crippen LogP contribution in [0.4, 0.5) is 0 Å². The fraction of sp³-hybridized carbons (Fsp3) is 0.591. The van der Waals surface area contributed by atoms with Crippen LogP contribution in [0.15, 0.2) is 29.8 Å². The molecule has 1 fully saturated rings. The van der Waals surface area contributed by atoms with E-state index in [-0.39, 0.29) is 24.0 Å². The molecule has 1 aromatic rings. The number of hydrogen-bond acceptors (Lipinski definition) is 5. The third kappa shape index (κ3) is 8.69. The number of rotatable bonds is 11. The van der Waals surface area contributed by atoms with Gasteiger partial charge in [0.05, 0.1) is 34.0 Å². The van der Waals surface area contributed by atoms with Crippen molar-refractivity contribution in [3.63, 3.8) is 0 Å². The Morgan fingerprint density at radius 1 is 1.23 bits per heavy atom. The van der Waals surface area contributed by atoms with E-state index >= 15 is 0 Å². The molecule has 2 rings (SSSR count). The Morgan fingerprint density at radius 2 is 2.00 bits per heavy atom. The molecule has 0 radical (unpaired) electrons. The van der Waals surface area contributed by atoms with Crippen molar-refractivity contribution in [1.29, 1.82) is 0 Å². The van der Waals surface area contributed by atoms with Crippen molar-refractivity contribution < 1.29 is 14.2 Å². The Bertz CT molecular complexity index is 664. The Kier molecular flexibility index (Phi) is 13.5. The summed E-state index contributed by atoms with van der Waals surface area (Å²) in [4.78, 5) is 7.18. The zero-order valence-electron chi connectivity index (χ0n) is 18.5. The van der Waals surface area contributed by atoms with E-state index in [0.717, 1.165) is 87.4 Å². The van der Waals surface area contributed by atoms with Gasteiger partial charge in [-0.15, -0.1) is 30.6 Å². The first-order chi connectivity index (χ1) is 14.2. The minimum atomic E-state index is 0. The standard InChI is InChI=1S/C22H36N4O3.HI/c1-5-8-19-15-18(16-20(27-3)21(19)28-4)17-25-22(23-6-2)24-9-7-10-26-11-13-29-14-12-26;/h5,15-16H,1,6-14,17H2,2-4H3,(H2,23,24,25);1H. The number of morpholine rings is 1. The molecular weight excluding hydrogens is 495 g/mol. The van der Waals surface area contributed by atoms with Crippen molar-refractivity contribution in [2.75, 3.05) is 60.2 Å². The minimum Gasteiger partial charge on any atom is -0.493 e. The molecule has 8 heteroatoms. The second-order valence-electron chi connectivity index (χ2n) is 6.91. The molecule has 0 spiro atoms. The summed E-state index contributed by atoms with van der Waals surface area (Å²) in [5.41, 5.74) is 2.13. The van der Waals surface area contributed by atoms with Gasteiger partial charge in [-0.25, -0.2) is 4.99 Å². The molecule has 2 N–H and O–H groups in total. The van der Waals surface area contributed by atoms with E-state index in [0.29, 0.717) is 6.54 Å². The number of methoxy groups -OCH3 is 2. The summed E-state index contributed by atoms with van der Waals surface area (Å²) in [5.74, 6) is 2.31. The second-order valence-corrected chi connectivity index (χ2v) is 6.91. The van der Waals surface area contributed by atoms with Crippen LogP contribution in [0, 0.1) is 0 Å². The van der Waals surface area contributed by atoms with E-state index < -0.39 is 0 Å². The van der Waals surface area contributed by atoms with Gasteiger partial charge in [-0.2, -0.15) is 0 Å². The Labute approximate surface area is 198 Å². The minimum absolute atomic E-state index is 0. The molecule has 0 amide bonds. The third-order valence-corrected chi connectivity index (χ3v) is 4.79. The Hall–Kier alpha value is -1.52. The Balaban J connectivity index is 0.00000450. The van der Waals surface area contributed by atoms with Gasteiger partial charge in [0.1, 0.15) is 0 Å². The largest absolute Gasteiger partial charge is 0.493 e. The molecule has 170 valence electrons. The highest BCUT2D eigenvalue weighted by Gasteiger charge is 2.12. The predicted octanol–water partition coefficient (Wildman–Crippen LogP) is 2.83. The zero-order valence-corrected chi connectivity index (χ0v) is 20.9. The molecule has 0 aromatic heterocycles. The number of hydrogen-bond donors (Lipinski definition) is 2. The number of guanidine groups is 1. The fourth-order valence-electron chi connectivity index (χ4n) is 3.35. The summed E-state index contributed by atoms with van der Waals surface area (Å²) in [6.45, 7) is 13.0.